The summed E-state index contributed by atoms with van der Waals surface area (Å²) in [4.78, 5) is 32.0. The Morgan fingerprint density at radius 1 is 1.08 bits per heavy atom. The number of aryl methyl sites for hydroxylation is 1. The molecule has 4 aromatic rings. The molecule has 0 amide bonds. The van der Waals surface area contributed by atoms with Crippen LogP contribution in [0.15, 0.2) is 64.9 Å². The highest BCUT2D eigenvalue weighted by Crippen LogP contribution is 2.23. The lowest BCUT2D eigenvalue weighted by Gasteiger charge is -2.16. The second kappa shape index (κ2) is 12.1. The number of methoxy groups -OCH3 is 1. The van der Waals surface area contributed by atoms with Gasteiger partial charge in [0.15, 0.2) is 23.2 Å². The first-order valence-electron chi connectivity index (χ1n) is 12.5. The number of nitrogens with zero attached hydrogens (tertiary/aromatic N) is 6. The number of nitrogens with two attached hydrogens (primary N) is 1. The fraction of sp³-hybridized carbons (Fsp3) is 0.286. The van der Waals surface area contributed by atoms with Crippen molar-refractivity contribution in [2.75, 3.05) is 7.11 Å². The molecular weight excluding hydrogens is 482 g/mol. The Morgan fingerprint density at radius 3 is 2.47 bits per heavy atom. The van der Waals surface area contributed by atoms with Crippen molar-refractivity contribution in [3.8, 4) is 28.7 Å². The van der Waals surface area contributed by atoms with Crippen LogP contribution >= 0.6 is 0 Å². The highest BCUT2D eigenvalue weighted by molar-refractivity contribution is 6.02. The minimum absolute atomic E-state index is 0.00324. The topological polar surface area (TPSA) is 141 Å². The monoisotopic (exact) mass is 513 g/mol. The van der Waals surface area contributed by atoms with Crippen LogP contribution in [0.5, 0.6) is 5.75 Å². The Labute approximate surface area is 220 Å². The Morgan fingerprint density at radius 2 is 1.84 bits per heavy atom. The molecule has 10 nitrogen and oxygen atoms in total. The molecule has 3 N–H and O–H groups in total. The molecule has 0 saturated carbocycles. The van der Waals surface area contributed by atoms with E-state index in [0.717, 1.165) is 36.1 Å². The highest BCUT2D eigenvalue weighted by atomic mass is 16.5. The fourth-order valence-electron chi connectivity index (χ4n) is 4.24. The standard InChI is InChI=1S/C28H31N7O3/c1-4-6-11-24-20(5-2)28(36)35(27(33-24)26-31-15-19(38-3)16-32-26)17-18-12-13-23(30-14-18)21-9-7-8-10-22(21)25(29)34-37/h7-10,12-16,37H,4-6,11,17H2,1-3H3,(H2,29,34). The maximum absolute atomic E-state index is 13.7. The average molecular weight is 514 g/mol. The summed E-state index contributed by atoms with van der Waals surface area (Å²) in [6.07, 6.45) is 8.07. The summed E-state index contributed by atoms with van der Waals surface area (Å²) in [5, 5.41) is 12.3. The van der Waals surface area contributed by atoms with Gasteiger partial charge in [0, 0.05) is 22.9 Å². The van der Waals surface area contributed by atoms with Crippen molar-refractivity contribution >= 4 is 5.84 Å². The number of benzene rings is 1. The molecular formula is C28H31N7O3. The number of pyridine rings is 1. The number of amidine groups is 1. The Hall–Kier alpha value is -4.60. The number of oxime groups is 1. The third-order valence-corrected chi connectivity index (χ3v) is 6.28. The van der Waals surface area contributed by atoms with Gasteiger partial charge in [0.25, 0.3) is 5.56 Å². The molecule has 38 heavy (non-hydrogen) atoms. The van der Waals surface area contributed by atoms with Crippen LogP contribution in [0.1, 0.15) is 49.1 Å². The van der Waals surface area contributed by atoms with Gasteiger partial charge in [0.2, 0.25) is 0 Å². The third-order valence-electron chi connectivity index (χ3n) is 6.28. The zero-order valence-corrected chi connectivity index (χ0v) is 21.8. The van der Waals surface area contributed by atoms with Gasteiger partial charge in [0.1, 0.15) is 0 Å². The molecule has 10 heteroatoms. The number of hydrogen-bond donors (Lipinski definition) is 2. The Kier molecular flexibility index (Phi) is 8.42. The summed E-state index contributed by atoms with van der Waals surface area (Å²) >= 11 is 0. The van der Waals surface area contributed by atoms with Crippen LogP contribution in [0.4, 0.5) is 0 Å². The van der Waals surface area contributed by atoms with Crippen LogP contribution in [0.3, 0.4) is 0 Å². The first-order chi connectivity index (χ1) is 18.5. The molecule has 0 aliphatic rings. The van der Waals surface area contributed by atoms with Crippen LogP contribution < -0.4 is 16.0 Å². The molecule has 0 saturated heterocycles. The lowest BCUT2D eigenvalue weighted by atomic mass is 10.0. The number of unbranched alkanes of at least 4 members (excludes halogenated alkanes) is 1. The Balaban J connectivity index is 1.77. The zero-order chi connectivity index (χ0) is 27.1. The lowest BCUT2D eigenvalue weighted by molar-refractivity contribution is 0.318. The molecule has 4 rings (SSSR count). The number of ether oxygens (including phenoxy) is 1. The maximum atomic E-state index is 13.7. The average Bonchev–Trinajstić information content (AvgIpc) is 2.97. The SMILES string of the molecule is CCCCc1nc(-c2ncc(OC)cn2)n(Cc2ccc(-c3ccccc3C(N)=NO)nc2)c(=O)c1CC. The van der Waals surface area contributed by atoms with Crippen molar-refractivity contribution in [1.82, 2.24) is 24.5 Å². The molecule has 0 aliphatic carbocycles. The molecule has 3 heterocycles. The predicted octanol–water partition coefficient (Wildman–Crippen LogP) is 3.82. The van der Waals surface area contributed by atoms with Crippen LogP contribution in [0.2, 0.25) is 0 Å². The van der Waals surface area contributed by atoms with Gasteiger partial charge in [-0.15, -0.1) is 0 Å². The molecule has 1 aromatic carbocycles. The largest absolute Gasteiger partial charge is 0.494 e. The minimum atomic E-state index is -0.107. The first-order valence-corrected chi connectivity index (χ1v) is 12.5. The van der Waals surface area contributed by atoms with Crippen LogP contribution in [-0.2, 0) is 19.4 Å². The minimum Gasteiger partial charge on any atom is -0.494 e. The molecule has 0 bridgehead atoms. The van der Waals surface area contributed by atoms with E-state index in [9.17, 15) is 4.79 Å². The van der Waals surface area contributed by atoms with E-state index >= 15 is 0 Å². The smallest absolute Gasteiger partial charge is 0.257 e. The van der Waals surface area contributed by atoms with Crippen LogP contribution in [-0.4, -0.2) is 42.7 Å². The van der Waals surface area contributed by atoms with Gasteiger partial charge in [0.05, 0.1) is 37.4 Å². The molecule has 0 atom stereocenters. The summed E-state index contributed by atoms with van der Waals surface area (Å²) < 4.78 is 6.80. The summed E-state index contributed by atoms with van der Waals surface area (Å²) in [6, 6.07) is 11.0. The van der Waals surface area contributed by atoms with Gasteiger partial charge in [-0.3, -0.25) is 14.3 Å². The summed E-state index contributed by atoms with van der Waals surface area (Å²) in [5.74, 6) is 1.28. The van der Waals surface area contributed by atoms with Gasteiger partial charge in [-0.2, -0.15) is 0 Å². The lowest BCUT2D eigenvalue weighted by Crippen LogP contribution is -2.29. The molecule has 0 aliphatic heterocycles. The first kappa shape index (κ1) is 26.5. The maximum Gasteiger partial charge on any atom is 0.257 e. The zero-order valence-electron chi connectivity index (χ0n) is 21.8. The predicted molar refractivity (Wildman–Crippen MR) is 145 cm³/mol. The number of hydrogen-bond acceptors (Lipinski definition) is 8. The summed E-state index contributed by atoms with van der Waals surface area (Å²) in [7, 11) is 1.55. The molecule has 0 radical (unpaired) electrons. The third kappa shape index (κ3) is 5.54. The van der Waals surface area contributed by atoms with E-state index in [4.69, 9.17) is 20.7 Å². The normalized spacial score (nSPS) is 11.5. The molecule has 3 aromatic heterocycles. The van der Waals surface area contributed by atoms with E-state index in [0.29, 0.717) is 40.6 Å². The molecule has 0 fully saturated rings. The second-order valence-electron chi connectivity index (χ2n) is 8.74. The van der Waals surface area contributed by atoms with E-state index in [1.165, 1.54) is 0 Å². The van der Waals surface area contributed by atoms with E-state index in [-0.39, 0.29) is 17.9 Å². The quantitative estimate of drug-likeness (QED) is 0.141. The summed E-state index contributed by atoms with van der Waals surface area (Å²) in [5.41, 5.74) is 10.00. The van der Waals surface area contributed by atoms with E-state index in [1.54, 1.807) is 36.3 Å². The van der Waals surface area contributed by atoms with Crippen molar-refractivity contribution in [1.29, 1.82) is 0 Å². The van der Waals surface area contributed by atoms with Crippen molar-refractivity contribution in [2.45, 2.75) is 46.1 Å². The fourth-order valence-corrected chi connectivity index (χ4v) is 4.24. The van der Waals surface area contributed by atoms with Crippen LogP contribution in [0.25, 0.3) is 22.9 Å². The molecule has 196 valence electrons. The van der Waals surface area contributed by atoms with Crippen LogP contribution in [0, 0.1) is 0 Å². The number of aromatic nitrogens is 5. The van der Waals surface area contributed by atoms with E-state index in [2.05, 4.69) is 27.0 Å². The van der Waals surface area contributed by atoms with Gasteiger partial charge in [-0.05, 0) is 30.9 Å². The second-order valence-corrected chi connectivity index (χ2v) is 8.74. The molecule has 0 spiro atoms. The van der Waals surface area contributed by atoms with Gasteiger partial charge >= 0.3 is 0 Å². The number of rotatable bonds is 10. The van der Waals surface area contributed by atoms with Crippen molar-refractivity contribution in [2.24, 2.45) is 10.9 Å². The Bertz CT molecular complexity index is 1480. The van der Waals surface area contributed by atoms with Gasteiger partial charge in [-0.1, -0.05) is 55.8 Å². The van der Waals surface area contributed by atoms with Crippen molar-refractivity contribution in [3.63, 3.8) is 0 Å². The highest BCUT2D eigenvalue weighted by Gasteiger charge is 2.19. The van der Waals surface area contributed by atoms with Gasteiger partial charge < -0.3 is 15.7 Å². The van der Waals surface area contributed by atoms with E-state index < -0.39 is 0 Å². The van der Waals surface area contributed by atoms with Crippen molar-refractivity contribution in [3.05, 3.63) is 87.7 Å². The van der Waals surface area contributed by atoms with Gasteiger partial charge in [-0.25, -0.2) is 15.0 Å². The van der Waals surface area contributed by atoms with E-state index in [1.807, 2.05) is 37.3 Å². The van der Waals surface area contributed by atoms with Crippen molar-refractivity contribution < 1.29 is 9.94 Å². The molecule has 0 unspecified atom stereocenters. The summed E-state index contributed by atoms with van der Waals surface area (Å²) in [6.45, 7) is 4.32.